The number of H-pyrrole nitrogens is 1. The average Bonchev–Trinajstić information content (AvgIpc) is 2.30. The fourth-order valence-corrected chi connectivity index (χ4v) is 1.33. The van der Waals surface area contributed by atoms with Crippen LogP contribution in [0.25, 0.3) is 0 Å². The van der Waals surface area contributed by atoms with Crippen molar-refractivity contribution in [3.05, 3.63) is 39.9 Å². The topological polar surface area (TPSA) is 107 Å². The second-order valence-electron chi connectivity index (χ2n) is 3.24. The quantitative estimate of drug-likeness (QED) is 0.700. The first-order valence-corrected chi connectivity index (χ1v) is 5.02. The number of nitrogens with two attached hydrogens (primary N) is 2. The Morgan fingerprint density at radius 2 is 2.12 bits per heavy atom. The number of hydrogen-bond donors (Lipinski definition) is 3. The third-order valence-electron chi connectivity index (χ3n) is 2.04. The summed E-state index contributed by atoms with van der Waals surface area (Å²) in [7, 11) is 0. The number of hydrogen-bond acceptors (Lipinski definition) is 5. The van der Waals surface area contributed by atoms with Gasteiger partial charge >= 0.3 is 0 Å². The Balaban J connectivity index is 2.35. The van der Waals surface area contributed by atoms with Crippen LogP contribution in [0.5, 0.6) is 11.6 Å². The van der Waals surface area contributed by atoms with E-state index in [9.17, 15) is 4.79 Å². The summed E-state index contributed by atoms with van der Waals surface area (Å²) >= 11 is 5.83. The summed E-state index contributed by atoms with van der Waals surface area (Å²) in [5.74, 6) is 0.420. The van der Waals surface area contributed by atoms with Gasteiger partial charge in [-0.1, -0.05) is 11.6 Å². The molecule has 0 amide bonds. The van der Waals surface area contributed by atoms with Crippen molar-refractivity contribution in [2.24, 2.45) is 0 Å². The molecule has 17 heavy (non-hydrogen) atoms. The minimum atomic E-state index is -0.462. The molecule has 0 saturated carbocycles. The molecule has 1 aromatic heterocycles. The molecule has 0 aliphatic carbocycles. The first-order chi connectivity index (χ1) is 8.08. The Bertz CT molecular complexity index is 611. The van der Waals surface area contributed by atoms with Crippen molar-refractivity contribution >= 4 is 23.0 Å². The highest BCUT2D eigenvalue weighted by Crippen LogP contribution is 2.28. The Morgan fingerprint density at radius 3 is 2.82 bits per heavy atom. The van der Waals surface area contributed by atoms with Crippen LogP contribution < -0.4 is 21.8 Å². The fourth-order valence-electron chi connectivity index (χ4n) is 1.16. The molecule has 6 nitrogen and oxygen atoms in total. The van der Waals surface area contributed by atoms with Crippen LogP contribution in [0.1, 0.15) is 0 Å². The Hall–Kier alpha value is -2.21. The Labute approximate surface area is 101 Å². The summed E-state index contributed by atoms with van der Waals surface area (Å²) in [5, 5.41) is 0.353. The molecule has 0 aliphatic heterocycles. The van der Waals surface area contributed by atoms with Crippen LogP contribution in [0.2, 0.25) is 5.02 Å². The van der Waals surface area contributed by atoms with E-state index >= 15 is 0 Å². The predicted molar refractivity (Wildman–Crippen MR) is 65.2 cm³/mol. The van der Waals surface area contributed by atoms with Crippen molar-refractivity contribution in [1.29, 1.82) is 0 Å². The molecule has 2 aromatic rings. The second-order valence-corrected chi connectivity index (χ2v) is 3.64. The molecular weight excluding hydrogens is 244 g/mol. The summed E-state index contributed by atoms with van der Waals surface area (Å²) in [6.07, 6.45) is 1.20. The van der Waals surface area contributed by atoms with Crippen molar-refractivity contribution < 1.29 is 4.74 Å². The van der Waals surface area contributed by atoms with E-state index in [4.69, 9.17) is 27.8 Å². The minimum Gasteiger partial charge on any atom is -0.437 e. The lowest BCUT2D eigenvalue weighted by molar-refractivity contribution is 0.463. The lowest BCUT2D eigenvalue weighted by Gasteiger charge is -2.07. The highest BCUT2D eigenvalue weighted by atomic mass is 35.5. The van der Waals surface area contributed by atoms with Gasteiger partial charge in [0.1, 0.15) is 5.75 Å². The maximum absolute atomic E-state index is 11.2. The van der Waals surface area contributed by atoms with E-state index in [1.165, 1.54) is 12.4 Å². The van der Waals surface area contributed by atoms with E-state index < -0.39 is 5.56 Å². The first-order valence-electron chi connectivity index (χ1n) is 4.64. The number of anilines is 2. The molecular formula is C10H9ClN4O2. The molecule has 0 bridgehead atoms. The highest BCUT2D eigenvalue weighted by Gasteiger charge is 2.07. The van der Waals surface area contributed by atoms with Gasteiger partial charge in [-0.05, 0) is 12.1 Å². The Kier molecular flexibility index (Phi) is 2.88. The number of aromatic amines is 1. The van der Waals surface area contributed by atoms with Crippen molar-refractivity contribution in [3.8, 4) is 11.6 Å². The molecule has 5 N–H and O–H groups in total. The van der Waals surface area contributed by atoms with Gasteiger partial charge in [0.2, 0.25) is 5.88 Å². The number of benzene rings is 1. The van der Waals surface area contributed by atoms with Gasteiger partial charge in [0.05, 0.1) is 17.0 Å². The zero-order valence-corrected chi connectivity index (χ0v) is 9.36. The van der Waals surface area contributed by atoms with Crippen molar-refractivity contribution in [2.75, 3.05) is 11.5 Å². The average molecular weight is 253 g/mol. The van der Waals surface area contributed by atoms with Gasteiger partial charge < -0.3 is 21.2 Å². The normalized spacial score (nSPS) is 10.2. The monoisotopic (exact) mass is 252 g/mol. The number of ether oxygens (including phenoxy) is 1. The standard InChI is InChI=1S/C10H9ClN4O2/c11-6-3-5(1-2-7(6)12)17-10-8(13)9(16)14-4-15-10/h1-4H,12-13H2,(H,14,15,16). The lowest BCUT2D eigenvalue weighted by atomic mass is 10.3. The summed E-state index contributed by atoms with van der Waals surface area (Å²) in [4.78, 5) is 17.3. The molecule has 1 aromatic carbocycles. The van der Waals surface area contributed by atoms with Crippen LogP contribution in [0.15, 0.2) is 29.3 Å². The maximum atomic E-state index is 11.2. The zero-order valence-electron chi connectivity index (χ0n) is 8.61. The molecule has 0 aliphatic rings. The molecule has 0 fully saturated rings. The maximum Gasteiger partial charge on any atom is 0.277 e. The van der Waals surface area contributed by atoms with Crippen LogP contribution in [0.4, 0.5) is 11.4 Å². The van der Waals surface area contributed by atoms with Crippen LogP contribution in [0.3, 0.4) is 0 Å². The third kappa shape index (κ3) is 2.31. The molecule has 0 saturated heterocycles. The van der Waals surface area contributed by atoms with Gasteiger partial charge in [-0.15, -0.1) is 0 Å². The number of aromatic nitrogens is 2. The van der Waals surface area contributed by atoms with Gasteiger partial charge in [0.15, 0.2) is 5.69 Å². The van der Waals surface area contributed by atoms with Crippen LogP contribution in [-0.2, 0) is 0 Å². The van der Waals surface area contributed by atoms with Gasteiger partial charge in [-0.25, -0.2) is 4.98 Å². The fraction of sp³-hybridized carbons (Fsp3) is 0. The minimum absolute atomic E-state index is 0.0228. The van der Waals surface area contributed by atoms with E-state index in [2.05, 4.69) is 9.97 Å². The van der Waals surface area contributed by atoms with Gasteiger partial charge in [-0.3, -0.25) is 4.79 Å². The number of nitrogen functional groups attached to an aromatic ring is 2. The largest absolute Gasteiger partial charge is 0.437 e. The van der Waals surface area contributed by atoms with E-state index in [1.54, 1.807) is 12.1 Å². The van der Waals surface area contributed by atoms with Crippen LogP contribution in [0, 0.1) is 0 Å². The first kappa shape index (κ1) is 11.3. The van der Waals surface area contributed by atoms with Crippen molar-refractivity contribution in [3.63, 3.8) is 0 Å². The molecule has 1 heterocycles. The van der Waals surface area contributed by atoms with Crippen molar-refractivity contribution in [1.82, 2.24) is 9.97 Å². The Morgan fingerprint density at radius 1 is 1.35 bits per heavy atom. The van der Waals surface area contributed by atoms with E-state index in [0.717, 1.165) is 0 Å². The second kappa shape index (κ2) is 4.34. The number of halogens is 1. The smallest absolute Gasteiger partial charge is 0.277 e. The van der Waals surface area contributed by atoms with Crippen LogP contribution in [-0.4, -0.2) is 9.97 Å². The van der Waals surface area contributed by atoms with E-state index in [-0.39, 0.29) is 11.6 Å². The summed E-state index contributed by atoms with van der Waals surface area (Å²) < 4.78 is 5.33. The van der Waals surface area contributed by atoms with E-state index in [1.807, 2.05) is 0 Å². The lowest BCUT2D eigenvalue weighted by Crippen LogP contribution is -2.13. The molecule has 0 radical (unpaired) electrons. The predicted octanol–water partition coefficient (Wildman–Crippen LogP) is 1.38. The molecule has 0 unspecified atom stereocenters. The molecule has 88 valence electrons. The number of nitrogens with zero attached hydrogens (tertiary/aromatic N) is 1. The summed E-state index contributed by atoms with van der Waals surface area (Å²) in [6.45, 7) is 0. The number of rotatable bonds is 2. The van der Waals surface area contributed by atoms with Gasteiger partial charge in [0.25, 0.3) is 5.56 Å². The van der Waals surface area contributed by atoms with Crippen LogP contribution >= 0.6 is 11.6 Å². The van der Waals surface area contributed by atoms with Gasteiger partial charge in [-0.2, -0.15) is 0 Å². The molecule has 7 heteroatoms. The summed E-state index contributed by atoms with van der Waals surface area (Å²) in [5.41, 5.74) is 10.9. The highest BCUT2D eigenvalue weighted by molar-refractivity contribution is 6.33. The van der Waals surface area contributed by atoms with Crippen molar-refractivity contribution in [2.45, 2.75) is 0 Å². The van der Waals surface area contributed by atoms with E-state index in [0.29, 0.717) is 16.5 Å². The molecule has 0 atom stereocenters. The van der Waals surface area contributed by atoms with Gasteiger partial charge in [0, 0.05) is 6.07 Å². The molecule has 2 rings (SSSR count). The molecule has 0 spiro atoms. The number of nitrogens with one attached hydrogen (secondary N) is 1. The zero-order chi connectivity index (χ0) is 12.4. The SMILES string of the molecule is Nc1ccc(Oc2nc[nH]c(=O)c2N)cc1Cl. The summed E-state index contributed by atoms with van der Waals surface area (Å²) in [6, 6.07) is 4.70. The third-order valence-corrected chi connectivity index (χ3v) is 2.37.